The van der Waals surface area contributed by atoms with Crippen LogP contribution in [0.25, 0.3) is 0 Å². The molecule has 2 aliphatic rings. The van der Waals surface area contributed by atoms with Crippen LogP contribution in [0.4, 0.5) is 0 Å². The molecule has 0 aromatic carbocycles. The molecule has 2 saturated heterocycles. The average Bonchev–Trinajstić information content (AvgIpc) is 2.37. The van der Waals surface area contributed by atoms with Crippen LogP contribution in [-0.4, -0.2) is 42.0 Å². The van der Waals surface area contributed by atoms with Crippen LogP contribution < -0.4 is 10.6 Å². The van der Waals surface area contributed by atoms with Gasteiger partial charge in [-0.15, -0.1) is 0 Å². The van der Waals surface area contributed by atoms with E-state index in [0.717, 1.165) is 0 Å². The van der Waals surface area contributed by atoms with Crippen molar-refractivity contribution in [2.24, 2.45) is 0 Å². The highest BCUT2D eigenvalue weighted by Crippen LogP contribution is 2.33. The Morgan fingerprint density at radius 2 is 1.50 bits per heavy atom. The van der Waals surface area contributed by atoms with Crippen molar-refractivity contribution in [3.05, 3.63) is 0 Å². The molecule has 0 radical (unpaired) electrons. The first-order valence-corrected chi connectivity index (χ1v) is 7.03. The fraction of sp³-hybridized carbons (Fsp3) is 1.00. The van der Waals surface area contributed by atoms with Crippen LogP contribution in [0.3, 0.4) is 0 Å². The smallest absolute Gasteiger partial charge is 0.218 e. The molecule has 2 fully saturated rings. The second-order valence-electron chi connectivity index (χ2n) is 3.60. The first-order valence-electron chi connectivity index (χ1n) is 4.07. The lowest BCUT2D eigenvalue weighted by molar-refractivity contribution is 0.528. The number of hydrogen-bond acceptors (Lipinski definition) is 4. The van der Waals surface area contributed by atoms with E-state index in [1.54, 1.807) is 0 Å². The first kappa shape index (κ1) is 11.2. The quantitative estimate of drug-likeness (QED) is 0.615. The van der Waals surface area contributed by atoms with Crippen molar-refractivity contribution in [1.29, 1.82) is 0 Å². The molecule has 2 N–H and O–H groups in total. The molecule has 0 unspecified atom stereocenters. The van der Waals surface area contributed by atoms with E-state index in [1.807, 2.05) is 0 Å². The third-order valence-corrected chi connectivity index (χ3v) is 4.83. The van der Waals surface area contributed by atoms with Gasteiger partial charge in [-0.05, 0) is 0 Å². The molecule has 82 valence electrons. The van der Waals surface area contributed by atoms with Crippen molar-refractivity contribution >= 4 is 44.6 Å². The predicted molar refractivity (Wildman–Crippen MR) is 56.6 cm³/mol. The summed E-state index contributed by atoms with van der Waals surface area (Å²) in [7, 11) is -2.93. The van der Waals surface area contributed by atoms with Gasteiger partial charge in [0.1, 0.15) is 6.17 Å². The number of sulfone groups is 1. The standard InChI is InChI=1S/C6H9Cl3N2O2S/c7-6(8,9)5-10-3-1-14(12,13)2-4(3)11-5/h3-5,10-11H,1-2H2/t3-,4-/m1/s1. The van der Waals surface area contributed by atoms with E-state index in [2.05, 4.69) is 10.6 Å². The van der Waals surface area contributed by atoms with Crippen LogP contribution in [-0.2, 0) is 9.84 Å². The summed E-state index contributed by atoms with van der Waals surface area (Å²) in [5, 5.41) is 5.92. The fourth-order valence-corrected chi connectivity index (χ4v) is 4.11. The molecule has 2 atom stereocenters. The summed E-state index contributed by atoms with van der Waals surface area (Å²) in [5.74, 6) is 0.226. The Labute approximate surface area is 97.2 Å². The molecule has 2 heterocycles. The molecule has 0 spiro atoms. The Balaban J connectivity index is 2.07. The second-order valence-corrected chi connectivity index (χ2v) is 8.12. The van der Waals surface area contributed by atoms with Gasteiger partial charge in [-0.2, -0.15) is 0 Å². The molecule has 0 bridgehead atoms. The minimum absolute atomic E-state index is 0.113. The van der Waals surface area contributed by atoms with Crippen LogP contribution in [0.5, 0.6) is 0 Å². The van der Waals surface area contributed by atoms with Crippen LogP contribution in [0.1, 0.15) is 0 Å². The maximum Gasteiger partial charge on any atom is 0.218 e. The van der Waals surface area contributed by atoms with Gasteiger partial charge in [0.25, 0.3) is 0 Å². The Morgan fingerprint density at radius 3 is 1.86 bits per heavy atom. The van der Waals surface area contributed by atoms with Gasteiger partial charge in [0.15, 0.2) is 9.84 Å². The molecule has 0 aromatic rings. The molecular weight excluding hydrogens is 271 g/mol. The summed E-state index contributed by atoms with van der Waals surface area (Å²) >= 11 is 17.0. The SMILES string of the molecule is O=S1(=O)C[C@H]2NC(C(Cl)(Cl)Cl)N[C@@H]2C1. The maximum absolute atomic E-state index is 11.2. The van der Waals surface area contributed by atoms with Crippen LogP contribution in [0, 0.1) is 0 Å². The summed E-state index contributed by atoms with van der Waals surface area (Å²) in [6.07, 6.45) is -0.474. The summed E-state index contributed by atoms with van der Waals surface area (Å²) in [6.45, 7) is 0. The Kier molecular flexibility index (Phi) is 2.70. The molecule has 2 rings (SSSR count). The van der Waals surface area contributed by atoms with Gasteiger partial charge in [0, 0.05) is 12.1 Å². The van der Waals surface area contributed by atoms with E-state index in [4.69, 9.17) is 34.8 Å². The Morgan fingerprint density at radius 1 is 1.07 bits per heavy atom. The minimum Gasteiger partial charge on any atom is -0.293 e. The van der Waals surface area contributed by atoms with Gasteiger partial charge in [-0.1, -0.05) is 34.8 Å². The van der Waals surface area contributed by atoms with Crippen molar-refractivity contribution in [2.75, 3.05) is 11.5 Å². The summed E-state index contributed by atoms with van der Waals surface area (Å²) < 4.78 is 21.0. The molecule has 0 amide bonds. The largest absolute Gasteiger partial charge is 0.293 e. The average molecular weight is 280 g/mol. The highest BCUT2D eigenvalue weighted by atomic mass is 35.6. The minimum atomic E-state index is -2.93. The zero-order chi connectivity index (χ0) is 10.6. The number of rotatable bonds is 0. The fourth-order valence-electron chi connectivity index (χ4n) is 1.84. The Hall–Kier alpha value is 0.740. The van der Waals surface area contributed by atoms with Gasteiger partial charge in [-0.3, -0.25) is 10.6 Å². The number of fused-ring (bicyclic) bond motifs is 1. The molecule has 2 aliphatic heterocycles. The third kappa shape index (κ3) is 2.13. The van der Waals surface area contributed by atoms with Crippen molar-refractivity contribution in [3.8, 4) is 0 Å². The third-order valence-electron chi connectivity index (χ3n) is 2.44. The number of alkyl halides is 3. The molecule has 0 aliphatic carbocycles. The van der Waals surface area contributed by atoms with E-state index < -0.39 is 19.8 Å². The predicted octanol–water partition coefficient (Wildman–Crippen LogP) is 0.0411. The van der Waals surface area contributed by atoms with E-state index in [-0.39, 0.29) is 23.6 Å². The lowest BCUT2D eigenvalue weighted by atomic mass is 10.2. The highest BCUT2D eigenvalue weighted by Gasteiger charge is 2.49. The molecule has 0 saturated carbocycles. The topological polar surface area (TPSA) is 58.2 Å². The molecule has 8 heteroatoms. The van der Waals surface area contributed by atoms with Gasteiger partial charge in [0.05, 0.1) is 11.5 Å². The van der Waals surface area contributed by atoms with Gasteiger partial charge < -0.3 is 0 Å². The normalized spacial score (nSPS) is 37.4. The first-order chi connectivity index (χ1) is 6.28. The van der Waals surface area contributed by atoms with Gasteiger partial charge >= 0.3 is 0 Å². The lowest BCUT2D eigenvalue weighted by Crippen LogP contribution is -2.46. The zero-order valence-electron chi connectivity index (χ0n) is 7.00. The van der Waals surface area contributed by atoms with Crippen molar-refractivity contribution in [3.63, 3.8) is 0 Å². The zero-order valence-corrected chi connectivity index (χ0v) is 10.1. The van der Waals surface area contributed by atoms with Gasteiger partial charge in [0.2, 0.25) is 3.79 Å². The summed E-state index contributed by atoms with van der Waals surface area (Å²) in [6, 6.07) is -0.277. The molecule has 4 nitrogen and oxygen atoms in total. The van der Waals surface area contributed by atoms with Crippen LogP contribution in [0.2, 0.25) is 0 Å². The molecule has 14 heavy (non-hydrogen) atoms. The monoisotopic (exact) mass is 278 g/mol. The van der Waals surface area contributed by atoms with E-state index in [1.165, 1.54) is 0 Å². The van der Waals surface area contributed by atoms with E-state index in [9.17, 15) is 8.42 Å². The van der Waals surface area contributed by atoms with Crippen molar-refractivity contribution in [1.82, 2.24) is 10.6 Å². The maximum atomic E-state index is 11.2. The molecule has 0 aromatic heterocycles. The molecular formula is C6H9Cl3N2O2S. The van der Waals surface area contributed by atoms with Gasteiger partial charge in [-0.25, -0.2) is 8.42 Å². The summed E-state index contributed by atoms with van der Waals surface area (Å²) in [4.78, 5) is 0. The number of halogens is 3. The van der Waals surface area contributed by atoms with Crippen LogP contribution in [0.15, 0.2) is 0 Å². The number of hydrogen-bond donors (Lipinski definition) is 2. The second kappa shape index (κ2) is 3.37. The van der Waals surface area contributed by atoms with Crippen molar-refractivity contribution in [2.45, 2.75) is 22.0 Å². The van der Waals surface area contributed by atoms with E-state index >= 15 is 0 Å². The lowest BCUT2D eigenvalue weighted by Gasteiger charge is -2.21. The van der Waals surface area contributed by atoms with Crippen LogP contribution >= 0.6 is 34.8 Å². The highest BCUT2D eigenvalue weighted by molar-refractivity contribution is 7.91. The summed E-state index contributed by atoms with van der Waals surface area (Å²) in [5.41, 5.74) is 0. The number of nitrogens with one attached hydrogen (secondary N) is 2. The Bertz CT molecular complexity index is 319. The van der Waals surface area contributed by atoms with E-state index in [0.29, 0.717) is 0 Å². The van der Waals surface area contributed by atoms with Crippen molar-refractivity contribution < 1.29 is 8.42 Å².